The molecule has 1 saturated carbocycles. The second kappa shape index (κ2) is 9.78. The Kier molecular flexibility index (Phi) is 7.36. The van der Waals surface area contributed by atoms with Gasteiger partial charge in [-0.2, -0.15) is 0 Å². The van der Waals surface area contributed by atoms with Gasteiger partial charge in [0, 0.05) is 7.11 Å². The van der Waals surface area contributed by atoms with Crippen LogP contribution in [0.3, 0.4) is 0 Å². The fraction of sp³-hybridized carbons (Fsp3) is 0.333. The van der Waals surface area contributed by atoms with E-state index in [-0.39, 0.29) is 12.4 Å². The number of nitrogens with two attached hydrogens (primary N) is 1. The van der Waals surface area contributed by atoms with Crippen LogP contribution in [0, 0.1) is 5.92 Å². The van der Waals surface area contributed by atoms with Crippen LogP contribution in [0.15, 0.2) is 91.0 Å². The van der Waals surface area contributed by atoms with Gasteiger partial charge in [0.15, 0.2) is 0 Å². The lowest BCUT2D eigenvalue weighted by Crippen LogP contribution is -2.60. The Labute approximate surface area is 186 Å². The van der Waals surface area contributed by atoms with Crippen LogP contribution in [0.5, 0.6) is 0 Å². The molecule has 0 amide bonds. The molecule has 0 saturated heterocycles. The molecule has 3 heteroatoms. The molecule has 3 aromatic carbocycles. The summed E-state index contributed by atoms with van der Waals surface area (Å²) in [6, 6.07) is 31.7. The number of methoxy groups -OCH3 is 1. The van der Waals surface area contributed by atoms with Crippen LogP contribution in [-0.2, 0) is 16.8 Å². The molecule has 3 aromatic rings. The highest BCUT2D eigenvalue weighted by atomic mass is 35.5. The SMILES string of the molecule is COC(c1ccccc1)(c1ccccc1)C(N)(CCc1ccccc1)CC1CC1.Cl. The number of hydrogen-bond donors (Lipinski definition) is 1. The van der Waals surface area contributed by atoms with E-state index in [4.69, 9.17) is 10.5 Å². The maximum Gasteiger partial charge on any atom is 0.136 e. The third-order valence-corrected chi connectivity index (χ3v) is 6.42. The number of rotatable bonds is 9. The predicted molar refractivity (Wildman–Crippen MR) is 127 cm³/mol. The van der Waals surface area contributed by atoms with Gasteiger partial charge in [0.05, 0.1) is 5.54 Å². The second-order valence-electron chi connectivity index (χ2n) is 8.41. The number of ether oxygens (including phenoxy) is 1. The van der Waals surface area contributed by atoms with E-state index >= 15 is 0 Å². The van der Waals surface area contributed by atoms with Gasteiger partial charge in [-0.05, 0) is 41.9 Å². The van der Waals surface area contributed by atoms with Gasteiger partial charge in [0.25, 0.3) is 0 Å². The molecule has 0 spiro atoms. The van der Waals surface area contributed by atoms with Gasteiger partial charge in [0.1, 0.15) is 5.60 Å². The van der Waals surface area contributed by atoms with Gasteiger partial charge in [-0.25, -0.2) is 0 Å². The smallest absolute Gasteiger partial charge is 0.136 e. The fourth-order valence-corrected chi connectivity index (χ4v) is 4.80. The van der Waals surface area contributed by atoms with E-state index < -0.39 is 11.1 Å². The Hall–Kier alpha value is -2.13. The Morgan fingerprint density at radius 3 is 1.70 bits per heavy atom. The third kappa shape index (κ3) is 4.46. The molecule has 2 N–H and O–H groups in total. The summed E-state index contributed by atoms with van der Waals surface area (Å²) in [5, 5.41) is 0. The first kappa shape index (κ1) is 22.6. The van der Waals surface area contributed by atoms with Gasteiger partial charge in [-0.15, -0.1) is 12.4 Å². The van der Waals surface area contributed by atoms with E-state index in [9.17, 15) is 0 Å². The van der Waals surface area contributed by atoms with Gasteiger partial charge in [-0.1, -0.05) is 104 Å². The van der Waals surface area contributed by atoms with E-state index in [1.807, 2.05) is 7.11 Å². The van der Waals surface area contributed by atoms with Crippen LogP contribution < -0.4 is 5.73 Å². The summed E-state index contributed by atoms with van der Waals surface area (Å²) in [6.07, 6.45) is 5.32. The molecule has 0 aliphatic heterocycles. The first-order chi connectivity index (χ1) is 14.2. The summed E-state index contributed by atoms with van der Waals surface area (Å²) in [6.45, 7) is 0. The summed E-state index contributed by atoms with van der Waals surface area (Å²) in [5.41, 5.74) is 9.80. The van der Waals surface area contributed by atoms with Gasteiger partial charge in [0.2, 0.25) is 0 Å². The van der Waals surface area contributed by atoms with Crippen LogP contribution in [-0.4, -0.2) is 12.6 Å². The number of benzene rings is 3. The monoisotopic (exact) mass is 421 g/mol. The topological polar surface area (TPSA) is 35.2 Å². The Morgan fingerprint density at radius 2 is 1.27 bits per heavy atom. The van der Waals surface area contributed by atoms with E-state index in [0.29, 0.717) is 5.92 Å². The maximum absolute atomic E-state index is 7.42. The van der Waals surface area contributed by atoms with Crippen molar-refractivity contribution in [2.75, 3.05) is 7.11 Å². The fourth-order valence-electron chi connectivity index (χ4n) is 4.80. The third-order valence-electron chi connectivity index (χ3n) is 6.42. The maximum atomic E-state index is 7.42. The number of hydrogen-bond acceptors (Lipinski definition) is 2. The van der Waals surface area contributed by atoms with Crippen molar-refractivity contribution in [3.63, 3.8) is 0 Å². The highest BCUT2D eigenvalue weighted by Gasteiger charge is 2.53. The molecular formula is C27H32ClNO. The summed E-state index contributed by atoms with van der Waals surface area (Å²) in [4.78, 5) is 0. The molecule has 30 heavy (non-hydrogen) atoms. The quantitative estimate of drug-likeness (QED) is 0.451. The molecule has 0 heterocycles. The first-order valence-electron chi connectivity index (χ1n) is 10.7. The molecule has 4 rings (SSSR count). The normalized spacial score (nSPS) is 15.8. The van der Waals surface area contributed by atoms with Crippen molar-refractivity contribution in [1.82, 2.24) is 0 Å². The zero-order chi connectivity index (χ0) is 20.2. The van der Waals surface area contributed by atoms with E-state index in [0.717, 1.165) is 30.4 Å². The lowest BCUT2D eigenvalue weighted by atomic mass is 9.66. The van der Waals surface area contributed by atoms with Gasteiger partial charge >= 0.3 is 0 Å². The molecule has 1 fully saturated rings. The van der Waals surface area contributed by atoms with Crippen LogP contribution in [0.2, 0.25) is 0 Å². The zero-order valence-corrected chi connectivity index (χ0v) is 18.5. The Balaban J connectivity index is 0.00000256. The first-order valence-corrected chi connectivity index (χ1v) is 10.7. The van der Waals surface area contributed by atoms with Crippen molar-refractivity contribution < 1.29 is 4.74 Å². The van der Waals surface area contributed by atoms with Crippen LogP contribution in [0.4, 0.5) is 0 Å². The lowest BCUT2D eigenvalue weighted by molar-refractivity contribution is -0.0539. The largest absolute Gasteiger partial charge is 0.367 e. The van der Waals surface area contributed by atoms with Gasteiger partial charge in [-0.3, -0.25) is 0 Å². The van der Waals surface area contributed by atoms with E-state index in [2.05, 4.69) is 91.0 Å². The predicted octanol–water partition coefficient (Wildman–Crippen LogP) is 6.13. The van der Waals surface area contributed by atoms with Crippen LogP contribution in [0.25, 0.3) is 0 Å². The molecule has 1 atom stereocenters. The molecule has 158 valence electrons. The van der Waals surface area contributed by atoms with Crippen molar-refractivity contribution in [3.8, 4) is 0 Å². The highest BCUT2D eigenvalue weighted by molar-refractivity contribution is 5.85. The van der Waals surface area contributed by atoms with Crippen molar-refractivity contribution in [3.05, 3.63) is 108 Å². The summed E-state index contributed by atoms with van der Waals surface area (Å²) >= 11 is 0. The molecule has 0 aromatic heterocycles. The summed E-state index contributed by atoms with van der Waals surface area (Å²) in [7, 11) is 1.82. The van der Waals surface area contributed by atoms with E-state index in [1.165, 1.54) is 18.4 Å². The Morgan fingerprint density at radius 1 is 0.800 bits per heavy atom. The van der Waals surface area contributed by atoms with Gasteiger partial charge < -0.3 is 10.5 Å². The van der Waals surface area contributed by atoms with Crippen molar-refractivity contribution in [2.24, 2.45) is 11.7 Å². The highest BCUT2D eigenvalue weighted by Crippen LogP contribution is 2.49. The van der Waals surface area contributed by atoms with Crippen molar-refractivity contribution in [2.45, 2.75) is 43.2 Å². The molecule has 0 bridgehead atoms. The molecular weight excluding hydrogens is 390 g/mol. The summed E-state index contributed by atoms with van der Waals surface area (Å²) in [5.74, 6) is 0.692. The summed E-state index contributed by atoms with van der Waals surface area (Å²) < 4.78 is 6.47. The van der Waals surface area contributed by atoms with E-state index in [1.54, 1.807) is 0 Å². The molecule has 1 aliphatic carbocycles. The average Bonchev–Trinajstić information content (AvgIpc) is 3.59. The lowest BCUT2D eigenvalue weighted by Gasteiger charge is -2.49. The molecule has 2 nitrogen and oxygen atoms in total. The molecule has 0 radical (unpaired) electrons. The molecule has 1 unspecified atom stereocenters. The van der Waals surface area contributed by atoms with Crippen molar-refractivity contribution >= 4 is 12.4 Å². The Bertz CT molecular complexity index is 856. The minimum atomic E-state index is -0.688. The standard InChI is InChI=1S/C27H31NO.ClH/c1-29-27(24-13-7-3-8-14-24,25-15-9-4-10-16-25)26(28,21-23-17-18-23)20-19-22-11-5-2-6-12-22;/h2-16,23H,17-21,28H2,1H3;1H. The zero-order valence-electron chi connectivity index (χ0n) is 17.7. The number of aryl methyl sites for hydroxylation is 1. The second-order valence-corrected chi connectivity index (χ2v) is 8.41. The van der Waals surface area contributed by atoms with Crippen LogP contribution >= 0.6 is 12.4 Å². The minimum absolute atomic E-state index is 0. The molecule has 1 aliphatic rings. The number of halogens is 1. The average molecular weight is 422 g/mol. The van der Waals surface area contributed by atoms with Crippen LogP contribution in [0.1, 0.15) is 42.4 Å². The minimum Gasteiger partial charge on any atom is -0.367 e. The van der Waals surface area contributed by atoms with Crippen molar-refractivity contribution in [1.29, 1.82) is 0 Å².